The van der Waals surface area contributed by atoms with Crippen LogP contribution in [0.2, 0.25) is 0 Å². The van der Waals surface area contributed by atoms with E-state index in [1.165, 1.54) is 0 Å². The fraction of sp³-hybridized carbons (Fsp3) is 0.105. The highest BCUT2D eigenvalue weighted by molar-refractivity contribution is 5.95. The zero-order valence-electron chi connectivity index (χ0n) is 14.0. The Labute approximate surface area is 158 Å². The Kier molecular flexibility index (Phi) is 6.66. The molecule has 0 fully saturated rings. The molecule has 0 spiro atoms. The van der Waals surface area contributed by atoms with Crippen LogP contribution in [0.15, 0.2) is 66.9 Å². The van der Waals surface area contributed by atoms with Gasteiger partial charge in [0.2, 0.25) is 11.9 Å². The summed E-state index contributed by atoms with van der Waals surface area (Å²) in [6.45, 7) is 0. The molecule has 0 saturated heterocycles. The molecule has 0 bridgehead atoms. The van der Waals surface area contributed by atoms with Gasteiger partial charge in [0, 0.05) is 17.4 Å². The minimum absolute atomic E-state index is 0. The average molecular weight is 370 g/mol. The van der Waals surface area contributed by atoms with Crippen LogP contribution in [0.3, 0.4) is 0 Å². The molecule has 0 saturated carbocycles. The monoisotopic (exact) mass is 369 g/mol. The van der Waals surface area contributed by atoms with Gasteiger partial charge in [-0.25, -0.2) is 9.97 Å². The van der Waals surface area contributed by atoms with Crippen LogP contribution < -0.4 is 16.8 Å². The maximum Gasteiger partial charge on any atom is 0.241 e. The molecule has 6 nitrogen and oxygen atoms in total. The third-order valence-corrected chi connectivity index (χ3v) is 3.74. The summed E-state index contributed by atoms with van der Waals surface area (Å²) < 4.78 is 0. The minimum atomic E-state index is -0.624. The van der Waals surface area contributed by atoms with Crippen molar-refractivity contribution < 1.29 is 4.79 Å². The van der Waals surface area contributed by atoms with Crippen LogP contribution in [-0.2, 0) is 11.2 Å². The summed E-state index contributed by atoms with van der Waals surface area (Å²) in [6.07, 6.45) is 2.08. The summed E-state index contributed by atoms with van der Waals surface area (Å²) in [5, 5.41) is 2.85. The number of carbonyl (C=O) groups excluding carboxylic acids is 1. The number of anilines is 2. The van der Waals surface area contributed by atoms with Crippen molar-refractivity contribution in [2.45, 2.75) is 12.5 Å². The first-order chi connectivity index (χ1) is 12.1. The number of hydrogen-bond donors (Lipinski definition) is 3. The second-order valence-electron chi connectivity index (χ2n) is 5.67. The first kappa shape index (κ1) is 19.4. The van der Waals surface area contributed by atoms with Crippen LogP contribution in [-0.4, -0.2) is 21.9 Å². The zero-order chi connectivity index (χ0) is 17.6. The van der Waals surface area contributed by atoms with E-state index in [-0.39, 0.29) is 24.3 Å². The molecule has 0 aliphatic heterocycles. The number of amides is 1. The van der Waals surface area contributed by atoms with Crippen LogP contribution in [0, 0.1) is 0 Å². The lowest BCUT2D eigenvalue weighted by Crippen LogP contribution is -2.37. The van der Waals surface area contributed by atoms with Gasteiger partial charge >= 0.3 is 0 Å². The van der Waals surface area contributed by atoms with Crippen molar-refractivity contribution in [2.24, 2.45) is 5.73 Å². The molecular weight excluding hydrogens is 350 g/mol. The summed E-state index contributed by atoms with van der Waals surface area (Å²) in [5.74, 6) is -0.0278. The number of nitrogens with two attached hydrogens (primary N) is 2. The smallest absolute Gasteiger partial charge is 0.241 e. The highest BCUT2D eigenvalue weighted by Crippen LogP contribution is 2.21. The van der Waals surface area contributed by atoms with Gasteiger partial charge in [0.25, 0.3) is 0 Å². The third kappa shape index (κ3) is 5.02. The SMILES string of the molecule is Cl.Nc1nccc(-c2cccc(NC(=O)C(N)Cc3ccccc3)c2)n1. The quantitative estimate of drug-likeness (QED) is 0.641. The number of carbonyl (C=O) groups is 1. The van der Waals surface area contributed by atoms with E-state index in [1.807, 2.05) is 48.5 Å². The molecule has 134 valence electrons. The molecular formula is C19H20ClN5O. The van der Waals surface area contributed by atoms with Gasteiger partial charge in [0.1, 0.15) is 0 Å². The topological polar surface area (TPSA) is 107 Å². The molecule has 3 aromatic rings. The number of aromatic nitrogens is 2. The van der Waals surface area contributed by atoms with Crippen LogP contribution in [0.25, 0.3) is 11.3 Å². The number of halogens is 1. The molecule has 5 N–H and O–H groups in total. The lowest BCUT2D eigenvalue weighted by molar-refractivity contribution is -0.117. The minimum Gasteiger partial charge on any atom is -0.368 e. The molecule has 3 rings (SSSR count). The third-order valence-electron chi connectivity index (χ3n) is 3.74. The van der Waals surface area contributed by atoms with E-state index in [4.69, 9.17) is 11.5 Å². The predicted octanol–water partition coefficient (Wildman–Crippen LogP) is 2.66. The van der Waals surface area contributed by atoms with Crippen LogP contribution in [0.1, 0.15) is 5.56 Å². The van der Waals surface area contributed by atoms with E-state index in [0.717, 1.165) is 11.1 Å². The van der Waals surface area contributed by atoms with Crippen LogP contribution in [0.4, 0.5) is 11.6 Å². The van der Waals surface area contributed by atoms with Gasteiger partial charge in [-0.15, -0.1) is 12.4 Å². The Bertz CT molecular complexity index is 873. The Morgan fingerprint density at radius 1 is 1.08 bits per heavy atom. The standard InChI is InChI=1S/C19H19N5O.ClH/c20-16(11-13-5-2-1-3-6-13)18(25)23-15-8-4-7-14(12-15)17-9-10-22-19(21)24-17;/h1-10,12,16H,11,20H2,(H,23,25)(H2,21,22,24);1H. The normalized spacial score (nSPS) is 11.3. The average Bonchev–Trinajstić information content (AvgIpc) is 2.63. The lowest BCUT2D eigenvalue weighted by atomic mass is 10.1. The summed E-state index contributed by atoms with van der Waals surface area (Å²) in [4.78, 5) is 20.4. The number of benzene rings is 2. The molecule has 26 heavy (non-hydrogen) atoms. The first-order valence-electron chi connectivity index (χ1n) is 7.91. The number of nitrogens with zero attached hydrogens (tertiary/aromatic N) is 2. The van der Waals surface area contributed by atoms with E-state index in [1.54, 1.807) is 18.3 Å². The fourth-order valence-corrected chi connectivity index (χ4v) is 2.49. The van der Waals surface area contributed by atoms with Gasteiger partial charge in [-0.3, -0.25) is 4.79 Å². The Morgan fingerprint density at radius 3 is 2.58 bits per heavy atom. The number of rotatable bonds is 5. The fourth-order valence-electron chi connectivity index (χ4n) is 2.49. The number of nitrogens with one attached hydrogen (secondary N) is 1. The molecule has 0 aliphatic rings. The zero-order valence-corrected chi connectivity index (χ0v) is 14.8. The van der Waals surface area contributed by atoms with Crippen LogP contribution in [0.5, 0.6) is 0 Å². The van der Waals surface area contributed by atoms with E-state index < -0.39 is 6.04 Å². The second kappa shape index (κ2) is 8.94. The van der Waals surface area contributed by atoms with E-state index in [9.17, 15) is 4.79 Å². The molecule has 0 radical (unpaired) electrons. The number of nitrogen functional groups attached to an aromatic ring is 1. The highest BCUT2D eigenvalue weighted by atomic mass is 35.5. The lowest BCUT2D eigenvalue weighted by Gasteiger charge is -2.13. The summed E-state index contributed by atoms with van der Waals surface area (Å²) >= 11 is 0. The summed E-state index contributed by atoms with van der Waals surface area (Å²) in [6, 6.07) is 18.2. The maximum atomic E-state index is 12.3. The first-order valence-corrected chi connectivity index (χ1v) is 7.91. The molecule has 1 unspecified atom stereocenters. The van der Waals surface area contributed by atoms with Gasteiger partial charge in [-0.1, -0.05) is 42.5 Å². The van der Waals surface area contributed by atoms with E-state index in [2.05, 4.69) is 15.3 Å². The molecule has 1 amide bonds. The van der Waals surface area contributed by atoms with Gasteiger partial charge < -0.3 is 16.8 Å². The molecule has 7 heteroatoms. The highest BCUT2D eigenvalue weighted by Gasteiger charge is 2.14. The van der Waals surface area contributed by atoms with Crippen LogP contribution >= 0.6 is 12.4 Å². The van der Waals surface area contributed by atoms with Gasteiger partial charge in [0.15, 0.2) is 0 Å². The molecule has 1 atom stereocenters. The van der Waals surface area contributed by atoms with Crippen molar-refractivity contribution in [3.63, 3.8) is 0 Å². The Morgan fingerprint density at radius 2 is 1.85 bits per heavy atom. The van der Waals surface area contributed by atoms with Crippen molar-refractivity contribution in [1.82, 2.24) is 9.97 Å². The van der Waals surface area contributed by atoms with Gasteiger partial charge in [-0.2, -0.15) is 0 Å². The molecule has 1 aromatic heterocycles. The van der Waals surface area contributed by atoms with Gasteiger partial charge in [-0.05, 0) is 30.2 Å². The Balaban J connectivity index is 0.00000243. The van der Waals surface area contributed by atoms with Gasteiger partial charge in [0.05, 0.1) is 11.7 Å². The predicted molar refractivity (Wildman–Crippen MR) is 106 cm³/mol. The van der Waals surface area contributed by atoms with Crippen molar-refractivity contribution in [3.8, 4) is 11.3 Å². The molecule has 0 aliphatic carbocycles. The van der Waals surface area contributed by atoms with Crippen molar-refractivity contribution in [2.75, 3.05) is 11.1 Å². The molecule has 2 aromatic carbocycles. The summed E-state index contributed by atoms with van der Waals surface area (Å²) in [7, 11) is 0. The van der Waals surface area contributed by atoms with Crippen molar-refractivity contribution in [3.05, 3.63) is 72.4 Å². The number of hydrogen-bond acceptors (Lipinski definition) is 5. The second-order valence-corrected chi connectivity index (χ2v) is 5.67. The maximum absolute atomic E-state index is 12.3. The van der Waals surface area contributed by atoms with E-state index in [0.29, 0.717) is 17.8 Å². The largest absolute Gasteiger partial charge is 0.368 e. The van der Waals surface area contributed by atoms with Crippen molar-refractivity contribution in [1.29, 1.82) is 0 Å². The van der Waals surface area contributed by atoms with Crippen molar-refractivity contribution >= 4 is 29.9 Å². The molecule has 1 heterocycles. The summed E-state index contributed by atoms with van der Waals surface area (Å²) in [5.41, 5.74) is 14.8. The Hall–Kier alpha value is -2.96. The van der Waals surface area contributed by atoms with E-state index >= 15 is 0 Å².